The summed E-state index contributed by atoms with van der Waals surface area (Å²) in [4.78, 5) is 31.2. The molecule has 0 radical (unpaired) electrons. The molecule has 0 aliphatic carbocycles. The molecule has 1 aromatic heterocycles. The van der Waals surface area contributed by atoms with Crippen LogP contribution in [0.15, 0.2) is 72.8 Å². The zero-order valence-electron chi connectivity index (χ0n) is 14.8. The number of aromatic carboxylic acids is 1. The van der Waals surface area contributed by atoms with Gasteiger partial charge in [0.25, 0.3) is 5.91 Å². The molecule has 0 spiro atoms. The average molecular weight is 371 g/mol. The first-order chi connectivity index (χ1) is 13.6. The van der Waals surface area contributed by atoms with Crippen molar-refractivity contribution in [2.24, 2.45) is 0 Å². The van der Waals surface area contributed by atoms with Gasteiger partial charge in [0.1, 0.15) is 5.82 Å². The molecule has 1 amide bonds. The Labute approximate surface area is 160 Å². The second-order valence-corrected chi connectivity index (χ2v) is 6.37. The standard InChI is InChI=1S/C22H17N3O3/c26-21(23-13-14-6-8-16(9-7-14)22(27)28)17-10-11-18-19(12-17)25-20(24-18)15-4-2-1-3-5-15/h1-12H,13H2,(H,23,26)(H,24,25)(H,27,28). The fourth-order valence-electron chi connectivity index (χ4n) is 2.93. The number of rotatable bonds is 5. The van der Waals surface area contributed by atoms with Gasteiger partial charge in [0, 0.05) is 17.7 Å². The Hall–Kier alpha value is -3.93. The summed E-state index contributed by atoms with van der Waals surface area (Å²) in [6, 6.07) is 21.5. The van der Waals surface area contributed by atoms with Crippen molar-refractivity contribution in [2.75, 3.05) is 0 Å². The lowest BCUT2D eigenvalue weighted by Gasteiger charge is -2.06. The van der Waals surface area contributed by atoms with Crippen LogP contribution in [0.1, 0.15) is 26.3 Å². The first kappa shape index (κ1) is 17.5. The molecule has 0 aliphatic heterocycles. The number of imidazole rings is 1. The summed E-state index contributed by atoms with van der Waals surface area (Å²) in [5.41, 5.74) is 4.13. The smallest absolute Gasteiger partial charge is 0.335 e. The van der Waals surface area contributed by atoms with Gasteiger partial charge in [0.15, 0.2) is 0 Å². The molecule has 4 rings (SSSR count). The van der Waals surface area contributed by atoms with E-state index in [0.717, 1.165) is 28.0 Å². The van der Waals surface area contributed by atoms with E-state index >= 15 is 0 Å². The maximum Gasteiger partial charge on any atom is 0.335 e. The number of aromatic amines is 1. The summed E-state index contributed by atoms with van der Waals surface area (Å²) in [5.74, 6) is -0.426. The second-order valence-electron chi connectivity index (χ2n) is 6.37. The number of aromatic nitrogens is 2. The van der Waals surface area contributed by atoms with E-state index in [0.29, 0.717) is 12.1 Å². The molecule has 6 nitrogen and oxygen atoms in total. The molecule has 0 atom stereocenters. The minimum Gasteiger partial charge on any atom is -0.478 e. The number of fused-ring (bicyclic) bond motifs is 1. The van der Waals surface area contributed by atoms with Crippen molar-refractivity contribution in [3.05, 3.63) is 89.5 Å². The van der Waals surface area contributed by atoms with E-state index < -0.39 is 5.97 Å². The third-order valence-electron chi connectivity index (χ3n) is 4.45. The van der Waals surface area contributed by atoms with Crippen LogP contribution in [0.3, 0.4) is 0 Å². The van der Waals surface area contributed by atoms with E-state index in [1.54, 1.807) is 24.3 Å². The van der Waals surface area contributed by atoms with E-state index in [9.17, 15) is 9.59 Å². The molecule has 1 heterocycles. The molecule has 0 saturated carbocycles. The summed E-state index contributed by atoms with van der Waals surface area (Å²) in [6.07, 6.45) is 0. The van der Waals surface area contributed by atoms with Gasteiger partial charge in [-0.15, -0.1) is 0 Å². The number of nitrogens with one attached hydrogen (secondary N) is 2. The van der Waals surface area contributed by atoms with Gasteiger partial charge in [-0.05, 0) is 35.9 Å². The maximum atomic E-state index is 12.5. The maximum absolute atomic E-state index is 12.5. The molecule has 0 unspecified atom stereocenters. The molecule has 3 aromatic carbocycles. The normalized spacial score (nSPS) is 10.7. The average Bonchev–Trinajstić information content (AvgIpc) is 3.16. The summed E-state index contributed by atoms with van der Waals surface area (Å²) >= 11 is 0. The molecule has 138 valence electrons. The van der Waals surface area contributed by atoms with Gasteiger partial charge >= 0.3 is 5.97 Å². The summed E-state index contributed by atoms with van der Waals surface area (Å²) in [6.45, 7) is 0.314. The van der Waals surface area contributed by atoms with Crippen molar-refractivity contribution < 1.29 is 14.7 Å². The Kier molecular flexibility index (Phi) is 4.60. The van der Waals surface area contributed by atoms with Gasteiger partial charge in [0.2, 0.25) is 0 Å². The highest BCUT2D eigenvalue weighted by molar-refractivity contribution is 5.97. The fourth-order valence-corrected chi connectivity index (χ4v) is 2.93. The highest BCUT2D eigenvalue weighted by Gasteiger charge is 2.10. The van der Waals surface area contributed by atoms with E-state index in [-0.39, 0.29) is 11.5 Å². The van der Waals surface area contributed by atoms with Crippen LogP contribution in [0, 0.1) is 0 Å². The number of carboxylic acids is 1. The van der Waals surface area contributed by atoms with Crippen LogP contribution < -0.4 is 5.32 Å². The number of nitrogens with zero attached hydrogens (tertiary/aromatic N) is 1. The predicted molar refractivity (Wildman–Crippen MR) is 106 cm³/mol. The van der Waals surface area contributed by atoms with Crippen LogP contribution >= 0.6 is 0 Å². The third kappa shape index (κ3) is 3.61. The van der Waals surface area contributed by atoms with Crippen LogP contribution in [0.2, 0.25) is 0 Å². The van der Waals surface area contributed by atoms with Crippen LogP contribution in [0.25, 0.3) is 22.4 Å². The van der Waals surface area contributed by atoms with Crippen molar-refractivity contribution in [1.29, 1.82) is 0 Å². The van der Waals surface area contributed by atoms with Crippen molar-refractivity contribution >= 4 is 22.9 Å². The number of carbonyl (C=O) groups is 2. The van der Waals surface area contributed by atoms with Crippen molar-refractivity contribution in [2.45, 2.75) is 6.54 Å². The Morgan fingerprint density at radius 3 is 2.36 bits per heavy atom. The minimum absolute atomic E-state index is 0.208. The summed E-state index contributed by atoms with van der Waals surface area (Å²) in [5, 5.41) is 11.8. The fraction of sp³-hybridized carbons (Fsp3) is 0.0455. The van der Waals surface area contributed by atoms with Crippen LogP contribution in [0.4, 0.5) is 0 Å². The lowest BCUT2D eigenvalue weighted by Crippen LogP contribution is -2.22. The highest BCUT2D eigenvalue weighted by Crippen LogP contribution is 2.21. The number of carboxylic acid groups (broad SMARTS) is 1. The topological polar surface area (TPSA) is 95.1 Å². The molecule has 0 saturated heterocycles. The third-order valence-corrected chi connectivity index (χ3v) is 4.45. The second kappa shape index (κ2) is 7.36. The number of benzene rings is 3. The Bertz CT molecular complexity index is 1150. The number of hydrogen-bond acceptors (Lipinski definition) is 3. The van der Waals surface area contributed by atoms with Gasteiger partial charge < -0.3 is 15.4 Å². The van der Waals surface area contributed by atoms with E-state index in [4.69, 9.17) is 5.11 Å². The summed E-state index contributed by atoms with van der Waals surface area (Å²) < 4.78 is 0. The molecule has 28 heavy (non-hydrogen) atoms. The monoisotopic (exact) mass is 371 g/mol. The lowest BCUT2D eigenvalue weighted by atomic mass is 10.1. The largest absolute Gasteiger partial charge is 0.478 e. The van der Waals surface area contributed by atoms with Gasteiger partial charge in [-0.2, -0.15) is 0 Å². The Balaban J connectivity index is 1.49. The van der Waals surface area contributed by atoms with E-state index in [2.05, 4.69) is 15.3 Å². The molecule has 0 bridgehead atoms. The first-order valence-corrected chi connectivity index (χ1v) is 8.76. The minimum atomic E-state index is -0.974. The Morgan fingerprint density at radius 1 is 0.929 bits per heavy atom. The number of H-pyrrole nitrogens is 1. The van der Waals surface area contributed by atoms with Crippen LogP contribution in [0.5, 0.6) is 0 Å². The number of carbonyl (C=O) groups excluding carboxylic acids is 1. The molecule has 4 aromatic rings. The lowest BCUT2D eigenvalue weighted by molar-refractivity contribution is 0.0696. The molecule has 0 fully saturated rings. The molecule has 3 N–H and O–H groups in total. The molecular weight excluding hydrogens is 354 g/mol. The SMILES string of the molecule is O=C(O)c1ccc(CNC(=O)c2ccc3nc(-c4ccccc4)[nH]c3c2)cc1. The Morgan fingerprint density at radius 2 is 1.64 bits per heavy atom. The quantitative estimate of drug-likeness (QED) is 0.496. The first-order valence-electron chi connectivity index (χ1n) is 8.76. The van der Waals surface area contributed by atoms with Crippen molar-refractivity contribution in [3.63, 3.8) is 0 Å². The number of hydrogen-bond donors (Lipinski definition) is 3. The van der Waals surface area contributed by atoms with Crippen molar-refractivity contribution in [3.8, 4) is 11.4 Å². The number of amides is 1. The molecule has 6 heteroatoms. The van der Waals surface area contributed by atoms with Gasteiger partial charge in [-0.3, -0.25) is 4.79 Å². The van der Waals surface area contributed by atoms with Crippen LogP contribution in [-0.2, 0) is 6.54 Å². The summed E-state index contributed by atoms with van der Waals surface area (Å²) in [7, 11) is 0. The zero-order valence-corrected chi connectivity index (χ0v) is 14.8. The van der Waals surface area contributed by atoms with Gasteiger partial charge in [-0.25, -0.2) is 9.78 Å². The van der Waals surface area contributed by atoms with Crippen molar-refractivity contribution in [1.82, 2.24) is 15.3 Å². The zero-order chi connectivity index (χ0) is 19.5. The predicted octanol–water partition coefficient (Wildman–Crippen LogP) is 3.86. The highest BCUT2D eigenvalue weighted by atomic mass is 16.4. The molecule has 0 aliphatic rings. The van der Waals surface area contributed by atoms with E-state index in [1.807, 2.05) is 36.4 Å². The van der Waals surface area contributed by atoms with Gasteiger partial charge in [0.05, 0.1) is 16.6 Å². The molecular formula is C22H17N3O3. The van der Waals surface area contributed by atoms with E-state index in [1.165, 1.54) is 12.1 Å². The van der Waals surface area contributed by atoms with Gasteiger partial charge in [-0.1, -0.05) is 42.5 Å². The van der Waals surface area contributed by atoms with Crippen LogP contribution in [-0.4, -0.2) is 27.0 Å².